The Labute approximate surface area is 130 Å². The number of H-pyrrole nitrogens is 1. The van der Waals surface area contributed by atoms with Crippen LogP contribution >= 0.6 is 0 Å². The van der Waals surface area contributed by atoms with E-state index in [1.54, 1.807) is 0 Å². The molecule has 1 aliphatic carbocycles. The number of nitrogens with two attached hydrogens (primary N) is 2. The van der Waals surface area contributed by atoms with Gasteiger partial charge in [0, 0.05) is 17.5 Å². The average Bonchev–Trinajstić information content (AvgIpc) is 2.87. The molecule has 5 N–H and O–H groups in total. The molecule has 22 heavy (non-hydrogen) atoms. The Bertz CT molecular complexity index is 750. The summed E-state index contributed by atoms with van der Waals surface area (Å²) in [6.07, 6.45) is 3.85. The van der Waals surface area contributed by atoms with Gasteiger partial charge < -0.3 is 16.5 Å². The highest BCUT2D eigenvalue weighted by molar-refractivity contribution is 6.04. The van der Waals surface area contributed by atoms with Crippen LogP contribution < -0.4 is 11.5 Å². The predicted molar refractivity (Wildman–Crippen MR) is 90.1 cm³/mol. The van der Waals surface area contributed by atoms with Gasteiger partial charge in [0.1, 0.15) is 0 Å². The maximum atomic E-state index is 5.43. The van der Waals surface area contributed by atoms with E-state index in [2.05, 4.69) is 53.3 Å². The maximum absolute atomic E-state index is 5.43. The van der Waals surface area contributed by atoms with Crippen LogP contribution in [-0.2, 0) is 6.42 Å². The molecule has 114 valence electrons. The minimum Gasteiger partial charge on any atom is -0.369 e. The third-order valence-corrected chi connectivity index (χ3v) is 4.25. The van der Waals surface area contributed by atoms with Crippen molar-refractivity contribution in [2.75, 3.05) is 0 Å². The zero-order chi connectivity index (χ0) is 15.7. The Morgan fingerprint density at radius 3 is 2.64 bits per heavy atom. The molecular formula is C17H21N5. The van der Waals surface area contributed by atoms with E-state index < -0.39 is 0 Å². The van der Waals surface area contributed by atoms with Gasteiger partial charge in [-0.1, -0.05) is 24.3 Å². The molecule has 0 amide bonds. The molecule has 5 heteroatoms. The molecule has 2 aromatic rings. The fourth-order valence-electron chi connectivity index (χ4n) is 3.27. The van der Waals surface area contributed by atoms with Gasteiger partial charge in [-0.05, 0) is 49.3 Å². The number of hydrogen-bond acceptors (Lipinski definition) is 2. The van der Waals surface area contributed by atoms with Crippen molar-refractivity contribution in [1.82, 2.24) is 4.98 Å². The first-order chi connectivity index (χ1) is 10.6. The van der Waals surface area contributed by atoms with Crippen molar-refractivity contribution >= 4 is 11.7 Å². The highest BCUT2D eigenvalue weighted by atomic mass is 15.3. The van der Waals surface area contributed by atoms with E-state index in [0.29, 0.717) is 5.92 Å². The second-order valence-corrected chi connectivity index (χ2v) is 5.86. The Balaban J connectivity index is 2.04. The molecule has 1 heterocycles. The lowest BCUT2D eigenvalue weighted by Gasteiger charge is -2.25. The van der Waals surface area contributed by atoms with Crippen molar-refractivity contribution in [3.63, 3.8) is 0 Å². The normalized spacial score (nSPS) is 19.0. The molecule has 0 saturated carbocycles. The van der Waals surface area contributed by atoms with Crippen LogP contribution in [0.2, 0.25) is 0 Å². The van der Waals surface area contributed by atoms with Crippen molar-refractivity contribution in [2.24, 2.45) is 21.7 Å². The molecule has 0 radical (unpaired) electrons. The molecule has 0 aliphatic heterocycles. The number of benzene rings is 1. The number of nitrogens with one attached hydrogen (secondary N) is 1. The Hall–Kier alpha value is -2.56. The summed E-state index contributed by atoms with van der Waals surface area (Å²) in [5.41, 5.74) is 18.0. The van der Waals surface area contributed by atoms with Crippen LogP contribution in [0.5, 0.6) is 0 Å². The summed E-state index contributed by atoms with van der Waals surface area (Å²) in [5.74, 6) is 0.375. The Kier molecular flexibility index (Phi) is 3.71. The molecule has 0 saturated heterocycles. The van der Waals surface area contributed by atoms with Gasteiger partial charge in [-0.15, -0.1) is 5.10 Å². The molecule has 0 spiro atoms. The van der Waals surface area contributed by atoms with Crippen LogP contribution in [0.4, 0.5) is 0 Å². The molecule has 0 bridgehead atoms. The molecule has 1 aliphatic rings. The predicted octanol–water partition coefficient (Wildman–Crippen LogP) is 2.34. The van der Waals surface area contributed by atoms with E-state index in [4.69, 9.17) is 11.5 Å². The number of hydrogen-bond donors (Lipinski definition) is 3. The second-order valence-electron chi connectivity index (χ2n) is 5.86. The van der Waals surface area contributed by atoms with Crippen molar-refractivity contribution in [2.45, 2.75) is 32.6 Å². The minimum absolute atomic E-state index is 0.0137. The number of aryl methyl sites for hydroxylation is 2. The van der Waals surface area contributed by atoms with Gasteiger partial charge in [0.2, 0.25) is 5.96 Å². The molecule has 5 nitrogen and oxygen atoms in total. The molecule has 3 rings (SSSR count). The maximum Gasteiger partial charge on any atom is 0.211 e. The monoisotopic (exact) mass is 295 g/mol. The standard InChI is InChI=1S/C17H21N5/c1-10-5-3-4-6-13(10)12-7-14-16(11(2)9-20-14)15(8-12)21-22-17(18)19/h3-6,9,12,20H,7-8H2,1-2H3,(H4,18,19,22)/b21-15+. The quantitative estimate of drug-likeness (QED) is 0.451. The van der Waals surface area contributed by atoms with Crippen LogP contribution in [-0.4, -0.2) is 16.7 Å². The Morgan fingerprint density at radius 2 is 1.91 bits per heavy atom. The van der Waals surface area contributed by atoms with Gasteiger partial charge in [0.25, 0.3) is 0 Å². The number of rotatable bonds is 2. The van der Waals surface area contributed by atoms with Crippen molar-refractivity contribution in [3.8, 4) is 0 Å². The lowest BCUT2D eigenvalue weighted by molar-refractivity contribution is 0.679. The van der Waals surface area contributed by atoms with Crippen LogP contribution in [0, 0.1) is 13.8 Å². The van der Waals surface area contributed by atoms with Gasteiger partial charge in [-0.25, -0.2) is 0 Å². The first-order valence-corrected chi connectivity index (χ1v) is 7.44. The van der Waals surface area contributed by atoms with E-state index in [9.17, 15) is 0 Å². The van der Waals surface area contributed by atoms with Gasteiger partial charge in [-0.2, -0.15) is 5.10 Å². The lowest BCUT2D eigenvalue weighted by Crippen LogP contribution is -2.23. The van der Waals surface area contributed by atoms with E-state index in [1.165, 1.54) is 22.4 Å². The third kappa shape index (κ3) is 2.62. The summed E-state index contributed by atoms with van der Waals surface area (Å²) < 4.78 is 0. The largest absolute Gasteiger partial charge is 0.369 e. The number of nitrogens with zero attached hydrogens (tertiary/aromatic N) is 2. The van der Waals surface area contributed by atoms with Crippen molar-refractivity contribution < 1.29 is 0 Å². The summed E-state index contributed by atoms with van der Waals surface area (Å²) in [6.45, 7) is 4.23. The van der Waals surface area contributed by atoms with Gasteiger partial charge in [-0.3, -0.25) is 0 Å². The molecule has 1 unspecified atom stereocenters. The van der Waals surface area contributed by atoms with Crippen molar-refractivity contribution in [3.05, 3.63) is 58.4 Å². The summed E-state index contributed by atoms with van der Waals surface area (Å²) in [6, 6.07) is 8.50. The molecule has 1 atom stereocenters. The molecule has 0 fully saturated rings. The summed E-state index contributed by atoms with van der Waals surface area (Å²) >= 11 is 0. The third-order valence-electron chi connectivity index (χ3n) is 4.25. The molecular weight excluding hydrogens is 274 g/mol. The second kappa shape index (κ2) is 5.67. The zero-order valence-electron chi connectivity index (χ0n) is 12.9. The zero-order valence-corrected chi connectivity index (χ0v) is 12.9. The van der Waals surface area contributed by atoms with E-state index >= 15 is 0 Å². The van der Waals surface area contributed by atoms with Gasteiger partial charge in [0.15, 0.2) is 0 Å². The highest BCUT2D eigenvalue weighted by Crippen LogP contribution is 2.35. The number of fused-ring (bicyclic) bond motifs is 1. The summed E-state index contributed by atoms with van der Waals surface area (Å²) in [7, 11) is 0. The van der Waals surface area contributed by atoms with E-state index in [-0.39, 0.29) is 5.96 Å². The lowest BCUT2D eigenvalue weighted by atomic mass is 9.80. The number of aromatic amines is 1. The van der Waals surface area contributed by atoms with E-state index in [0.717, 1.165) is 24.1 Å². The fraction of sp³-hybridized carbons (Fsp3) is 0.294. The van der Waals surface area contributed by atoms with Crippen LogP contribution in [0.15, 0.2) is 40.7 Å². The van der Waals surface area contributed by atoms with Crippen molar-refractivity contribution in [1.29, 1.82) is 0 Å². The molecule has 1 aromatic carbocycles. The summed E-state index contributed by atoms with van der Waals surface area (Å²) in [4.78, 5) is 3.37. The van der Waals surface area contributed by atoms with Gasteiger partial charge >= 0.3 is 0 Å². The fourth-order valence-corrected chi connectivity index (χ4v) is 3.27. The topological polar surface area (TPSA) is 92.5 Å². The van der Waals surface area contributed by atoms with E-state index in [1.807, 2.05) is 6.20 Å². The first-order valence-electron chi connectivity index (χ1n) is 7.44. The van der Waals surface area contributed by atoms with Crippen LogP contribution in [0.3, 0.4) is 0 Å². The van der Waals surface area contributed by atoms with Crippen LogP contribution in [0.25, 0.3) is 0 Å². The van der Waals surface area contributed by atoms with Crippen LogP contribution in [0.1, 0.15) is 40.3 Å². The first kappa shape index (κ1) is 14.4. The number of aromatic nitrogens is 1. The smallest absolute Gasteiger partial charge is 0.211 e. The SMILES string of the molecule is Cc1ccccc1C1C/C(=N\N=C(N)N)c2c(C)c[nH]c2C1. The summed E-state index contributed by atoms with van der Waals surface area (Å²) in [5, 5.41) is 8.16. The minimum atomic E-state index is -0.0137. The molecule has 1 aromatic heterocycles. The average molecular weight is 295 g/mol. The van der Waals surface area contributed by atoms with Gasteiger partial charge in [0.05, 0.1) is 5.71 Å². The highest BCUT2D eigenvalue weighted by Gasteiger charge is 2.28. The number of guanidine groups is 1. The Morgan fingerprint density at radius 1 is 1.14 bits per heavy atom.